The van der Waals surface area contributed by atoms with E-state index in [9.17, 15) is 13.2 Å². The summed E-state index contributed by atoms with van der Waals surface area (Å²) in [5.74, 6) is 0. The maximum atomic E-state index is 12.9. The smallest absolute Gasteiger partial charge is 0.166 e. The predicted molar refractivity (Wildman–Crippen MR) is 92.6 cm³/mol. The Morgan fingerprint density at radius 3 is 1.33 bits per heavy atom. The van der Waals surface area contributed by atoms with Crippen LogP contribution in [0.2, 0.25) is 0 Å². The van der Waals surface area contributed by atoms with Gasteiger partial charge >= 0.3 is 6.18 Å². The highest BCUT2D eigenvalue weighted by Crippen LogP contribution is 2.65. The molecule has 0 nitrogen and oxygen atoms in total. The van der Waals surface area contributed by atoms with Crippen molar-refractivity contribution in [2.45, 2.75) is 20.9 Å². The first-order valence-electron chi connectivity index (χ1n) is 7.48. The van der Waals surface area contributed by atoms with Crippen LogP contribution in [0.15, 0.2) is 99.6 Å². The fraction of sp³-hybridized carbons (Fsp3) is 0.100. The highest BCUT2D eigenvalue weighted by Gasteiger charge is 2.31. The fourth-order valence-corrected chi connectivity index (χ4v) is 5.61. The lowest BCUT2D eigenvalue weighted by molar-refractivity contribution is -0.137. The third-order valence-electron chi connectivity index (χ3n) is 4.08. The van der Waals surface area contributed by atoms with E-state index in [1.165, 1.54) is 12.1 Å². The average Bonchev–Trinajstić information content (AvgIpc) is 2.62. The zero-order valence-electron chi connectivity index (χ0n) is 13.1. The molecule has 3 aromatic rings. The minimum Gasteiger partial charge on any atom is -0.166 e. The van der Waals surface area contributed by atoms with Crippen molar-refractivity contribution < 1.29 is 13.2 Å². The topological polar surface area (TPSA) is 0 Å². The SMILES string of the molecule is CS(c1ccccc1)(c1ccccc1)c1ccc(C(F)(F)F)cc1. The Balaban J connectivity index is 2.16. The summed E-state index contributed by atoms with van der Waals surface area (Å²) in [6.45, 7) is 0. The Bertz CT molecular complexity index is 754. The van der Waals surface area contributed by atoms with E-state index in [2.05, 4.69) is 6.26 Å². The second-order valence-electron chi connectivity index (χ2n) is 5.57. The Kier molecular flexibility index (Phi) is 4.41. The summed E-state index contributed by atoms with van der Waals surface area (Å²) in [5, 5.41) is 0. The van der Waals surface area contributed by atoms with Gasteiger partial charge in [0.25, 0.3) is 0 Å². The van der Waals surface area contributed by atoms with Crippen LogP contribution in [0.25, 0.3) is 0 Å². The molecule has 0 aliphatic carbocycles. The zero-order valence-corrected chi connectivity index (χ0v) is 13.9. The molecule has 0 aromatic heterocycles. The molecular weight excluding hydrogens is 329 g/mol. The number of alkyl halides is 3. The van der Waals surface area contributed by atoms with Crippen molar-refractivity contribution in [3.05, 3.63) is 90.5 Å². The molecule has 0 bridgehead atoms. The van der Waals surface area contributed by atoms with Crippen molar-refractivity contribution in [2.24, 2.45) is 0 Å². The van der Waals surface area contributed by atoms with E-state index in [-0.39, 0.29) is 0 Å². The first kappa shape index (κ1) is 16.7. The summed E-state index contributed by atoms with van der Waals surface area (Å²) >= 11 is 0. The second-order valence-corrected chi connectivity index (χ2v) is 8.82. The first-order chi connectivity index (χ1) is 11.4. The van der Waals surface area contributed by atoms with Gasteiger partial charge in [0.1, 0.15) is 0 Å². The largest absolute Gasteiger partial charge is 0.416 e. The number of halogens is 3. The standard InChI is InChI=1S/C20H17F3S/c1-24(17-8-4-2-5-9-17,18-10-6-3-7-11-18)19-14-12-16(13-15-19)20(21,22)23/h2-15H,1H3. The van der Waals surface area contributed by atoms with Gasteiger partial charge in [-0.1, -0.05) is 36.4 Å². The summed E-state index contributed by atoms with van der Waals surface area (Å²) in [6, 6.07) is 25.5. The molecule has 0 amide bonds. The van der Waals surface area contributed by atoms with E-state index in [4.69, 9.17) is 0 Å². The van der Waals surface area contributed by atoms with Crippen molar-refractivity contribution in [3.8, 4) is 0 Å². The third-order valence-corrected chi connectivity index (χ3v) is 7.73. The lowest BCUT2D eigenvalue weighted by Crippen LogP contribution is -2.06. The Morgan fingerprint density at radius 2 is 0.958 bits per heavy atom. The van der Waals surface area contributed by atoms with Crippen molar-refractivity contribution in [1.29, 1.82) is 0 Å². The van der Waals surface area contributed by atoms with Crippen LogP contribution >= 0.6 is 10.0 Å². The van der Waals surface area contributed by atoms with E-state index in [1.54, 1.807) is 12.1 Å². The van der Waals surface area contributed by atoms with E-state index >= 15 is 0 Å². The first-order valence-corrected chi connectivity index (χ1v) is 9.52. The highest BCUT2D eigenvalue weighted by atomic mass is 32.3. The minimum atomic E-state index is -4.32. The van der Waals surface area contributed by atoms with E-state index < -0.39 is 21.8 Å². The van der Waals surface area contributed by atoms with Crippen LogP contribution < -0.4 is 0 Å². The Morgan fingerprint density at radius 1 is 0.583 bits per heavy atom. The maximum absolute atomic E-state index is 12.9. The zero-order chi connectivity index (χ0) is 17.2. The van der Waals surface area contributed by atoms with Crippen LogP contribution in [0.5, 0.6) is 0 Å². The van der Waals surface area contributed by atoms with Crippen molar-refractivity contribution in [2.75, 3.05) is 6.26 Å². The van der Waals surface area contributed by atoms with Crippen LogP contribution in [0.4, 0.5) is 13.2 Å². The monoisotopic (exact) mass is 346 g/mol. The quantitative estimate of drug-likeness (QED) is 0.500. The molecule has 0 N–H and O–H groups in total. The molecule has 0 spiro atoms. The molecule has 0 unspecified atom stereocenters. The van der Waals surface area contributed by atoms with Gasteiger partial charge in [0.2, 0.25) is 0 Å². The van der Waals surface area contributed by atoms with Crippen LogP contribution in [0.3, 0.4) is 0 Å². The van der Waals surface area contributed by atoms with Gasteiger partial charge in [0.15, 0.2) is 0 Å². The highest BCUT2D eigenvalue weighted by molar-refractivity contribution is 8.33. The van der Waals surface area contributed by atoms with Gasteiger partial charge in [-0.15, -0.1) is 0 Å². The van der Waals surface area contributed by atoms with Gasteiger partial charge in [-0.3, -0.25) is 0 Å². The molecule has 0 heterocycles. The molecular formula is C20H17F3S. The van der Waals surface area contributed by atoms with Gasteiger partial charge in [-0.25, -0.2) is 0 Å². The van der Waals surface area contributed by atoms with E-state index in [0.29, 0.717) is 0 Å². The fourth-order valence-electron chi connectivity index (χ4n) is 2.71. The van der Waals surface area contributed by atoms with Crippen molar-refractivity contribution in [3.63, 3.8) is 0 Å². The molecule has 0 atom stereocenters. The summed E-state index contributed by atoms with van der Waals surface area (Å²) in [6.07, 6.45) is -2.19. The molecule has 3 aromatic carbocycles. The van der Waals surface area contributed by atoms with Crippen LogP contribution in [0.1, 0.15) is 5.56 Å². The number of benzene rings is 3. The molecule has 0 fully saturated rings. The molecule has 24 heavy (non-hydrogen) atoms. The van der Waals surface area contributed by atoms with Crippen LogP contribution in [-0.2, 0) is 6.18 Å². The number of rotatable bonds is 3. The normalized spacial score (nSPS) is 12.8. The molecule has 4 heteroatoms. The third kappa shape index (κ3) is 3.06. The van der Waals surface area contributed by atoms with E-state index in [0.717, 1.165) is 14.7 Å². The van der Waals surface area contributed by atoms with Crippen molar-refractivity contribution >= 4 is 10.0 Å². The Hall–Kier alpha value is -2.20. The van der Waals surface area contributed by atoms with Gasteiger partial charge in [0.05, 0.1) is 5.56 Å². The lowest BCUT2D eigenvalue weighted by atomic mass is 10.2. The van der Waals surface area contributed by atoms with Gasteiger partial charge < -0.3 is 0 Å². The predicted octanol–water partition coefficient (Wildman–Crippen LogP) is 6.62. The van der Waals surface area contributed by atoms with E-state index in [1.807, 2.05) is 60.7 Å². The lowest BCUT2D eigenvalue weighted by Gasteiger charge is -2.37. The van der Waals surface area contributed by atoms with Gasteiger partial charge in [-0.05, 0) is 69.5 Å². The Labute approximate surface area is 141 Å². The molecule has 0 aliphatic rings. The molecule has 124 valence electrons. The average molecular weight is 346 g/mol. The molecule has 0 radical (unpaired) electrons. The van der Waals surface area contributed by atoms with Gasteiger partial charge in [0, 0.05) is 0 Å². The summed E-state index contributed by atoms with van der Waals surface area (Å²) in [5.41, 5.74) is -0.617. The minimum absolute atomic E-state index is 0.617. The summed E-state index contributed by atoms with van der Waals surface area (Å²) < 4.78 is 38.6. The number of hydrogen-bond donors (Lipinski definition) is 0. The van der Waals surface area contributed by atoms with Gasteiger partial charge in [-0.2, -0.15) is 23.2 Å². The molecule has 0 saturated heterocycles. The van der Waals surface area contributed by atoms with Crippen molar-refractivity contribution in [1.82, 2.24) is 0 Å². The second kappa shape index (κ2) is 6.36. The maximum Gasteiger partial charge on any atom is 0.416 e. The summed E-state index contributed by atoms with van der Waals surface area (Å²) in [4.78, 5) is 3.15. The van der Waals surface area contributed by atoms with Crippen LogP contribution in [0, 0.1) is 0 Å². The molecule has 0 aliphatic heterocycles. The summed E-state index contributed by atoms with van der Waals surface area (Å²) in [7, 11) is -1.60. The molecule has 3 rings (SSSR count). The molecule has 0 saturated carbocycles. The van der Waals surface area contributed by atoms with Crippen LogP contribution in [-0.4, -0.2) is 6.26 Å². The number of hydrogen-bond acceptors (Lipinski definition) is 0.